The van der Waals surface area contributed by atoms with E-state index in [9.17, 15) is 0 Å². The number of hydrogen-bond donors (Lipinski definition) is 1. The molecule has 1 aliphatic heterocycles. The van der Waals surface area contributed by atoms with Crippen LogP contribution in [0.15, 0.2) is 24.5 Å². The average Bonchev–Trinajstić information content (AvgIpc) is 2.89. The van der Waals surface area contributed by atoms with E-state index >= 15 is 0 Å². The van der Waals surface area contributed by atoms with Crippen LogP contribution >= 0.6 is 0 Å². The fourth-order valence-corrected chi connectivity index (χ4v) is 2.93. The minimum atomic E-state index is 0.571. The van der Waals surface area contributed by atoms with E-state index in [-0.39, 0.29) is 0 Å². The van der Waals surface area contributed by atoms with E-state index in [2.05, 4.69) is 32.6 Å². The zero-order valence-corrected chi connectivity index (χ0v) is 11.4. The molecule has 0 spiro atoms. The van der Waals surface area contributed by atoms with Crippen molar-refractivity contribution in [2.75, 3.05) is 19.6 Å². The summed E-state index contributed by atoms with van der Waals surface area (Å²) in [4.78, 5) is 7.12. The van der Waals surface area contributed by atoms with E-state index in [0.29, 0.717) is 6.54 Å². The first-order valence-corrected chi connectivity index (χ1v) is 7.25. The lowest BCUT2D eigenvalue weighted by Gasteiger charge is -2.25. The minimum absolute atomic E-state index is 0.571. The van der Waals surface area contributed by atoms with Crippen LogP contribution < -0.4 is 5.73 Å². The molecule has 102 valence electrons. The number of nitrogens with zero attached hydrogens (tertiary/aromatic N) is 3. The molecule has 2 aromatic heterocycles. The number of aromatic nitrogens is 2. The van der Waals surface area contributed by atoms with Crippen molar-refractivity contribution in [1.29, 1.82) is 0 Å². The van der Waals surface area contributed by atoms with E-state index in [4.69, 9.17) is 5.73 Å². The molecule has 1 saturated heterocycles. The largest absolute Gasteiger partial charge is 0.326 e. The molecule has 0 aromatic carbocycles. The van der Waals surface area contributed by atoms with Gasteiger partial charge in [0.25, 0.3) is 0 Å². The fraction of sp³-hybridized carbons (Fsp3) is 0.533. The molecule has 3 rings (SSSR count). The average molecular weight is 258 g/mol. The van der Waals surface area contributed by atoms with Gasteiger partial charge in [-0.15, -0.1) is 0 Å². The maximum atomic E-state index is 5.77. The van der Waals surface area contributed by atoms with Crippen LogP contribution in [0, 0.1) is 0 Å². The molecule has 1 fully saturated rings. The quantitative estimate of drug-likeness (QED) is 0.910. The molecule has 3 heterocycles. The van der Waals surface area contributed by atoms with Crippen LogP contribution in [0.25, 0.3) is 5.52 Å². The summed E-state index contributed by atoms with van der Waals surface area (Å²) in [6.07, 6.45) is 9.14. The van der Waals surface area contributed by atoms with Crippen molar-refractivity contribution in [2.45, 2.75) is 32.2 Å². The Morgan fingerprint density at radius 1 is 1.21 bits per heavy atom. The highest BCUT2D eigenvalue weighted by Gasteiger charge is 2.12. The summed E-state index contributed by atoms with van der Waals surface area (Å²) in [6.45, 7) is 4.18. The first kappa shape index (κ1) is 12.6. The number of piperidine rings is 1. The second-order valence-electron chi connectivity index (χ2n) is 5.32. The van der Waals surface area contributed by atoms with Crippen molar-refractivity contribution in [2.24, 2.45) is 5.73 Å². The summed E-state index contributed by atoms with van der Waals surface area (Å²) in [5.41, 5.74) is 8.08. The van der Waals surface area contributed by atoms with Crippen LogP contribution in [0.3, 0.4) is 0 Å². The van der Waals surface area contributed by atoms with Crippen LogP contribution in [0.2, 0.25) is 0 Å². The Labute approximate surface area is 114 Å². The van der Waals surface area contributed by atoms with Crippen LogP contribution in [-0.4, -0.2) is 33.9 Å². The van der Waals surface area contributed by atoms with E-state index in [0.717, 1.165) is 24.3 Å². The van der Waals surface area contributed by atoms with Crippen molar-refractivity contribution in [3.63, 3.8) is 0 Å². The second kappa shape index (κ2) is 5.72. The van der Waals surface area contributed by atoms with Crippen LogP contribution in [0.5, 0.6) is 0 Å². The highest BCUT2D eigenvalue weighted by atomic mass is 15.1. The number of fused-ring (bicyclic) bond motifs is 1. The van der Waals surface area contributed by atoms with Gasteiger partial charge in [0, 0.05) is 25.7 Å². The van der Waals surface area contributed by atoms with Crippen molar-refractivity contribution < 1.29 is 0 Å². The third kappa shape index (κ3) is 2.65. The second-order valence-corrected chi connectivity index (χ2v) is 5.32. The van der Waals surface area contributed by atoms with Crippen molar-refractivity contribution >= 4 is 5.52 Å². The standard InChI is InChI=1S/C15H22N4/c16-11-13-5-4-9-19-14(13)12-17-15(19)6-10-18-7-2-1-3-8-18/h4-5,9,12H,1-3,6-8,10-11,16H2. The van der Waals surface area contributed by atoms with Gasteiger partial charge in [-0.2, -0.15) is 0 Å². The molecule has 0 unspecified atom stereocenters. The van der Waals surface area contributed by atoms with Gasteiger partial charge in [-0.05, 0) is 37.6 Å². The molecule has 4 nitrogen and oxygen atoms in total. The first-order valence-electron chi connectivity index (χ1n) is 7.25. The van der Waals surface area contributed by atoms with Crippen molar-refractivity contribution in [3.05, 3.63) is 35.9 Å². The Bertz CT molecular complexity index is 540. The van der Waals surface area contributed by atoms with Crippen LogP contribution in [0.1, 0.15) is 30.7 Å². The predicted molar refractivity (Wildman–Crippen MR) is 77.1 cm³/mol. The summed E-state index contributed by atoms with van der Waals surface area (Å²) in [5, 5.41) is 0. The molecule has 0 radical (unpaired) electrons. The molecular weight excluding hydrogens is 236 g/mol. The first-order chi connectivity index (χ1) is 9.38. The van der Waals surface area contributed by atoms with Crippen LogP contribution in [0.4, 0.5) is 0 Å². The SMILES string of the molecule is NCc1cccn2c(CCN3CCCCC3)ncc12. The maximum absolute atomic E-state index is 5.77. The molecule has 19 heavy (non-hydrogen) atoms. The fourth-order valence-electron chi connectivity index (χ4n) is 2.93. The van der Waals surface area contributed by atoms with Gasteiger partial charge in [-0.1, -0.05) is 12.5 Å². The molecule has 4 heteroatoms. The van der Waals surface area contributed by atoms with Crippen molar-refractivity contribution in [1.82, 2.24) is 14.3 Å². The Morgan fingerprint density at radius 3 is 2.84 bits per heavy atom. The Balaban J connectivity index is 1.74. The zero-order chi connectivity index (χ0) is 13.1. The number of likely N-dealkylation sites (tertiary alicyclic amines) is 1. The summed E-state index contributed by atoms with van der Waals surface area (Å²) in [7, 11) is 0. The molecule has 0 aliphatic carbocycles. The van der Waals surface area contributed by atoms with Gasteiger partial charge >= 0.3 is 0 Å². The third-order valence-corrected chi connectivity index (χ3v) is 4.06. The monoisotopic (exact) mass is 258 g/mol. The number of pyridine rings is 1. The Hall–Kier alpha value is -1.39. The van der Waals surface area contributed by atoms with Gasteiger partial charge in [-0.3, -0.25) is 0 Å². The molecule has 1 aliphatic rings. The number of imidazole rings is 1. The lowest BCUT2D eigenvalue weighted by Crippen LogP contribution is -2.31. The summed E-state index contributed by atoms with van der Waals surface area (Å²) >= 11 is 0. The summed E-state index contributed by atoms with van der Waals surface area (Å²) in [6, 6.07) is 4.13. The van der Waals surface area contributed by atoms with Gasteiger partial charge in [0.05, 0.1) is 11.7 Å². The topological polar surface area (TPSA) is 46.6 Å². The Kier molecular flexibility index (Phi) is 3.80. The molecule has 0 amide bonds. The molecular formula is C15H22N4. The maximum Gasteiger partial charge on any atom is 0.114 e. The van der Waals surface area contributed by atoms with Gasteiger partial charge in [-0.25, -0.2) is 4.98 Å². The minimum Gasteiger partial charge on any atom is -0.326 e. The molecule has 0 saturated carbocycles. The lowest BCUT2D eigenvalue weighted by atomic mass is 10.1. The van der Waals surface area contributed by atoms with Gasteiger partial charge in [0.15, 0.2) is 0 Å². The number of hydrogen-bond acceptors (Lipinski definition) is 3. The van der Waals surface area contributed by atoms with E-state index in [1.807, 2.05) is 6.20 Å². The van der Waals surface area contributed by atoms with Crippen LogP contribution in [-0.2, 0) is 13.0 Å². The third-order valence-electron chi connectivity index (χ3n) is 4.06. The summed E-state index contributed by atoms with van der Waals surface area (Å²) < 4.78 is 2.19. The van der Waals surface area contributed by atoms with Gasteiger partial charge in [0.2, 0.25) is 0 Å². The molecule has 2 aromatic rings. The van der Waals surface area contributed by atoms with Crippen molar-refractivity contribution in [3.8, 4) is 0 Å². The smallest absolute Gasteiger partial charge is 0.114 e. The highest BCUT2D eigenvalue weighted by molar-refractivity contribution is 5.54. The van der Waals surface area contributed by atoms with E-state index < -0.39 is 0 Å². The molecule has 0 bridgehead atoms. The van der Waals surface area contributed by atoms with E-state index in [1.165, 1.54) is 37.9 Å². The predicted octanol–water partition coefficient (Wildman–Crippen LogP) is 1.82. The lowest BCUT2D eigenvalue weighted by molar-refractivity contribution is 0.230. The molecule has 0 atom stereocenters. The highest BCUT2D eigenvalue weighted by Crippen LogP contribution is 2.14. The van der Waals surface area contributed by atoms with Gasteiger partial charge < -0.3 is 15.0 Å². The normalized spacial score (nSPS) is 17.1. The number of nitrogens with two attached hydrogens (primary N) is 1. The number of rotatable bonds is 4. The van der Waals surface area contributed by atoms with E-state index in [1.54, 1.807) is 0 Å². The van der Waals surface area contributed by atoms with Gasteiger partial charge in [0.1, 0.15) is 5.82 Å². The molecule has 2 N–H and O–H groups in total. The zero-order valence-electron chi connectivity index (χ0n) is 11.4. The Morgan fingerprint density at radius 2 is 2.05 bits per heavy atom. The summed E-state index contributed by atoms with van der Waals surface area (Å²) in [5.74, 6) is 1.15.